The molecule has 1 aliphatic heterocycles. The van der Waals surface area contributed by atoms with Gasteiger partial charge in [0.15, 0.2) is 0 Å². The van der Waals surface area contributed by atoms with Crippen LogP contribution >= 0.6 is 0 Å². The average Bonchev–Trinajstić information content (AvgIpc) is 3.02. The highest BCUT2D eigenvalue weighted by Gasteiger charge is 2.43. The van der Waals surface area contributed by atoms with Gasteiger partial charge in [0.1, 0.15) is 12.1 Å². The first-order valence-electron chi connectivity index (χ1n) is 10.1. The van der Waals surface area contributed by atoms with Crippen molar-refractivity contribution in [2.75, 3.05) is 6.61 Å². The smallest absolute Gasteiger partial charge is 0.326 e. The molecule has 3 rings (SSSR count). The van der Waals surface area contributed by atoms with Crippen LogP contribution in [0.2, 0.25) is 0 Å². The highest BCUT2D eigenvalue weighted by atomic mass is 16.4. The number of benzene rings is 2. The number of carbonyl (C=O) groups is 4. The largest absolute Gasteiger partial charge is 0.480 e. The van der Waals surface area contributed by atoms with Crippen LogP contribution in [0.15, 0.2) is 54.6 Å². The summed E-state index contributed by atoms with van der Waals surface area (Å²) in [5.74, 6) is -3.09. The Kier molecular flexibility index (Phi) is 7.15. The summed E-state index contributed by atoms with van der Waals surface area (Å²) in [5.41, 5.74) is 1.16. The van der Waals surface area contributed by atoms with Gasteiger partial charge in [-0.15, -0.1) is 0 Å². The van der Waals surface area contributed by atoms with Crippen molar-refractivity contribution in [1.82, 2.24) is 10.2 Å². The topological polar surface area (TPSA) is 124 Å². The number of carboxylic acid groups (broad SMARTS) is 1. The van der Waals surface area contributed by atoms with Gasteiger partial charge in [-0.2, -0.15) is 0 Å². The normalized spacial score (nSPS) is 14.8. The van der Waals surface area contributed by atoms with Gasteiger partial charge in [-0.05, 0) is 37.0 Å². The van der Waals surface area contributed by atoms with E-state index in [0.29, 0.717) is 12.8 Å². The lowest BCUT2D eigenvalue weighted by atomic mass is 10.0. The number of imide groups is 1. The lowest BCUT2D eigenvalue weighted by Gasteiger charge is -2.27. The molecule has 0 bridgehead atoms. The van der Waals surface area contributed by atoms with Crippen LogP contribution in [0.1, 0.15) is 45.5 Å². The van der Waals surface area contributed by atoms with Crippen LogP contribution in [0.25, 0.3) is 0 Å². The van der Waals surface area contributed by atoms with Gasteiger partial charge in [0.05, 0.1) is 11.1 Å². The average molecular weight is 424 g/mol. The summed E-state index contributed by atoms with van der Waals surface area (Å²) >= 11 is 0. The van der Waals surface area contributed by atoms with E-state index < -0.39 is 35.8 Å². The third kappa shape index (κ3) is 4.97. The van der Waals surface area contributed by atoms with Gasteiger partial charge in [-0.1, -0.05) is 42.5 Å². The van der Waals surface area contributed by atoms with E-state index >= 15 is 0 Å². The minimum Gasteiger partial charge on any atom is -0.480 e. The number of unbranched alkanes of at least 4 members (excludes halogenated alkanes) is 1. The maximum atomic E-state index is 13.1. The van der Waals surface area contributed by atoms with Crippen molar-refractivity contribution in [2.24, 2.45) is 0 Å². The van der Waals surface area contributed by atoms with Crippen LogP contribution in [-0.4, -0.2) is 57.5 Å². The number of fused-ring (bicyclic) bond motifs is 1. The third-order valence-electron chi connectivity index (χ3n) is 5.22. The highest BCUT2D eigenvalue weighted by Crippen LogP contribution is 2.26. The first-order valence-corrected chi connectivity index (χ1v) is 10.1. The van der Waals surface area contributed by atoms with Crippen molar-refractivity contribution in [3.63, 3.8) is 0 Å². The van der Waals surface area contributed by atoms with Crippen LogP contribution in [0.5, 0.6) is 0 Å². The van der Waals surface area contributed by atoms with E-state index in [0.717, 1.165) is 10.5 Å². The molecule has 3 amide bonds. The number of hydrogen-bond acceptors (Lipinski definition) is 5. The van der Waals surface area contributed by atoms with Crippen molar-refractivity contribution in [3.05, 3.63) is 71.3 Å². The number of nitrogens with one attached hydrogen (secondary N) is 1. The summed E-state index contributed by atoms with van der Waals surface area (Å²) in [7, 11) is 0. The summed E-state index contributed by atoms with van der Waals surface area (Å²) in [6.45, 7) is -0.0950. The zero-order valence-electron chi connectivity index (χ0n) is 16.9. The first kappa shape index (κ1) is 22.2. The molecule has 1 unspecified atom stereocenters. The number of aliphatic hydroxyl groups excluding tert-OH is 1. The summed E-state index contributed by atoms with van der Waals surface area (Å²) in [6, 6.07) is 12.8. The predicted octanol–water partition coefficient (Wildman–Crippen LogP) is 1.63. The third-order valence-corrected chi connectivity index (χ3v) is 5.22. The molecule has 2 atom stereocenters. The second-order valence-electron chi connectivity index (χ2n) is 7.35. The number of hydrogen-bond donors (Lipinski definition) is 3. The number of carbonyl (C=O) groups excluding carboxylic acids is 3. The van der Waals surface area contributed by atoms with Crippen molar-refractivity contribution in [3.8, 4) is 0 Å². The molecule has 3 N–H and O–H groups in total. The Morgan fingerprint density at radius 3 is 2.03 bits per heavy atom. The maximum Gasteiger partial charge on any atom is 0.326 e. The molecule has 0 saturated carbocycles. The molecule has 0 radical (unpaired) electrons. The first-order chi connectivity index (χ1) is 14.9. The predicted molar refractivity (Wildman–Crippen MR) is 111 cm³/mol. The molecule has 162 valence electrons. The van der Waals surface area contributed by atoms with Crippen molar-refractivity contribution in [2.45, 2.75) is 37.8 Å². The van der Waals surface area contributed by atoms with E-state index in [1.54, 1.807) is 42.5 Å². The van der Waals surface area contributed by atoms with E-state index in [1.807, 2.05) is 0 Å². The Morgan fingerprint density at radius 1 is 0.903 bits per heavy atom. The van der Waals surface area contributed by atoms with Crippen molar-refractivity contribution in [1.29, 1.82) is 0 Å². The Labute approximate surface area is 179 Å². The number of aliphatic hydroxyl groups is 1. The summed E-state index contributed by atoms with van der Waals surface area (Å²) in [6.07, 6.45) is 0.959. The Bertz CT molecular complexity index is 940. The van der Waals surface area contributed by atoms with Gasteiger partial charge in [-0.3, -0.25) is 19.3 Å². The van der Waals surface area contributed by atoms with Crippen LogP contribution in [0.4, 0.5) is 0 Å². The fourth-order valence-electron chi connectivity index (χ4n) is 3.64. The zero-order valence-corrected chi connectivity index (χ0v) is 16.9. The van der Waals surface area contributed by atoms with E-state index in [2.05, 4.69) is 5.32 Å². The van der Waals surface area contributed by atoms with Crippen molar-refractivity contribution < 1.29 is 29.4 Å². The van der Waals surface area contributed by atoms with Crippen LogP contribution in [-0.2, 0) is 16.0 Å². The molecule has 0 fully saturated rings. The fourth-order valence-corrected chi connectivity index (χ4v) is 3.64. The van der Waals surface area contributed by atoms with E-state index in [9.17, 15) is 24.3 Å². The van der Waals surface area contributed by atoms with Gasteiger partial charge in [0.25, 0.3) is 11.8 Å². The number of rotatable bonds is 10. The SMILES string of the molecule is O=C(O)C(Cc1ccccc1)NC(=O)[C@@H](CCCCO)N1C(=O)c2ccccc2C1=O. The monoisotopic (exact) mass is 424 g/mol. The fraction of sp³-hybridized carbons (Fsp3) is 0.304. The number of nitrogens with zero attached hydrogens (tertiary/aromatic N) is 1. The van der Waals surface area contributed by atoms with Crippen LogP contribution < -0.4 is 5.32 Å². The lowest BCUT2D eigenvalue weighted by molar-refractivity contribution is -0.142. The number of carboxylic acids is 1. The summed E-state index contributed by atoms with van der Waals surface area (Å²) in [5, 5.41) is 21.2. The van der Waals surface area contributed by atoms with Gasteiger partial charge < -0.3 is 15.5 Å². The Hall–Kier alpha value is -3.52. The molecule has 1 heterocycles. The van der Waals surface area contributed by atoms with E-state index in [4.69, 9.17) is 5.11 Å². The van der Waals surface area contributed by atoms with Crippen LogP contribution in [0.3, 0.4) is 0 Å². The molecule has 31 heavy (non-hydrogen) atoms. The van der Waals surface area contributed by atoms with E-state index in [1.165, 1.54) is 12.1 Å². The summed E-state index contributed by atoms with van der Waals surface area (Å²) < 4.78 is 0. The molecule has 2 aromatic carbocycles. The second-order valence-corrected chi connectivity index (χ2v) is 7.35. The minimum atomic E-state index is -1.22. The molecule has 0 aliphatic carbocycles. The summed E-state index contributed by atoms with van der Waals surface area (Å²) in [4.78, 5) is 51.5. The zero-order chi connectivity index (χ0) is 22.4. The van der Waals surface area contributed by atoms with Gasteiger partial charge in [-0.25, -0.2) is 4.79 Å². The minimum absolute atomic E-state index is 0.0629. The molecule has 0 aromatic heterocycles. The van der Waals surface area contributed by atoms with Gasteiger partial charge in [0, 0.05) is 13.0 Å². The molecule has 8 nitrogen and oxygen atoms in total. The molecule has 0 spiro atoms. The quantitative estimate of drug-likeness (QED) is 0.393. The molecule has 0 saturated heterocycles. The molecular formula is C23H24N2O6. The van der Waals surface area contributed by atoms with E-state index in [-0.39, 0.29) is 30.6 Å². The number of amides is 3. The molecule has 1 aliphatic rings. The maximum absolute atomic E-state index is 13.1. The number of aliphatic carboxylic acids is 1. The standard InChI is InChI=1S/C23H24N2O6/c26-13-7-6-12-19(25-21(28)16-10-4-5-11-17(16)22(25)29)20(27)24-18(23(30)31)14-15-8-2-1-3-9-15/h1-5,8-11,18-19,26H,6-7,12-14H2,(H,24,27)(H,30,31)/t18?,19-/m1/s1. The second kappa shape index (κ2) is 9.99. The lowest BCUT2D eigenvalue weighted by Crippen LogP contribution is -2.53. The Morgan fingerprint density at radius 2 is 1.48 bits per heavy atom. The van der Waals surface area contributed by atoms with Gasteiger partial charge >= 0.3 is 5.97 Å². The van der Waals surface area contributed by atoms with Gasteiger partial charge in [0.2, 0.25) is 5.91 Å². The van der Waals surface area contributed by atoms with Crippen LogP contribution in [0, 0.1) is 0 Å². The highest BCUT2D eigenvalue weighted by molar-refractivity contribution is 6.22. The van der Waals surface area contributed by atoms with Crippen molar-refractivity contribution >= 4 is 23.7 Å². The molecular weight excluding hydrogens is 400 g/mol. The molecule has 8 heteroatoms. The Balaban J connectivity index is 1.82. The molecule has 2 aromatic rings.